The van der Waals surface area contributed by atoms with Crippen LogP contribution >= 0.6 is 30.9 Å². The molecule has 4 unspecified atom stereocenters. The Balaban J connectivity index is 1.79. The highest BCUT2D eigenvalue weighted by Crippen LogP contribution is 2.53. The molecule has 0 saturated carbocycles. The van der Waals surface area contributed by atoms with Crippen LogP contribution in [-0.4, -0.2) is 57.8 Å². The molecule has 2 aliphatic rings. The van der Waals surface area contributed by atoms with Crippen LogP contribution in [0.4, 0.5) is 0 Å². The van der Waals surface area contributed by atoms with Crippen molar-refractivity contribution in [2.24, 2.45) is 5.73 Å². The molecule has 0 bridgehead atoms. The second kappa shape index (κ2) is 8.75. The van der Waals surface area contributed by atoms with Crippen molar-refractivity contribution >= 4 is 30.9 Å². The Morgan fingerprint density at radius 2 is 2.00 bits per heavy atom. The molecule has 4 N–H and O–H groups in total. The van der Waals surface area contributed by atoms with Crippen molar-refractivity contribution in [1.82, 2.24) is 19.3 Å². The lowest BCUT2D eigenvalue weighted by atomic mass is 10.2. The molecule has 2 saturated heterocycles. The van der Waals surface area contributed by atoms with E-state index in [1.165, 1.54) is 10.8 Å². The van der Waals surface area contributed by atoms with Gasteiger partial charge < -0.3 is 10.5 Å². The number of fused-ring (bicyclic) bond motifs is 1. The molecule has 1 aromatic rings. The molecule has 13 heteroatoms. The second-order valence-corrected chi connectivity index (χ2v) is 9.14. The fraction of sp³-hybridized carbons (Fsp3) is 0.714. The van der Waals surface area contributed by atoms with Crippen molar-refractivity contribution in [2.45, 2.75) is 31.4 Å². The Morgan fingerprint density at radius 3 is 2.63 bits per heavy atom. The average Bonchev–Trinajstić information content (AvgIpc) is 3.04. The third-order valence-electron chi connectivity index (χ3n) is 4.58. The van der Waals surface area contributed by atoms with Gasteiger partial charge in [0, 0.05) is 56.1 Å². The van der Waals surface area contributed by atoms with Gasteiger partial charge in [-0.3, -0.25) is 23.4 Å². The number of ether oxygens (including phenoxy) is 1. The summed E-state index contributed by atoms with van der Waals surface area (Å²) in [7, 11) is -3.31. The topological polar surface area (TPSA) is 132 Å². The van der Waals surface area contributed by atoms with Gasteiger partial charge in [-0.05, 0) is 0 Å². The maximum Gasteiger partial charge on any atom is 0.343 e. The number of aromatic nitrogens is 2. The molecular weight excluding hydrogens is 420 g/mol. The standard InChI is InChI=1S/C14H22Cl2N5O5P/c15-1-3-20(4-2-16)27(24)18-7-11-10(26-27)5-12(25-11)21-8-9(6-17)13(22)19-14(21)23/h8,10-12H,1-7,17H2,(H,18,24)(H,19,22,23). The van der Waals surface area contributed by atoms with E-state index < -0.39 is 31.3 Å². The number of nitrogens with zero attached hydrogens (tertiary/aromatic N) is 2. The molecule has 27 heavy (non-hydrogen) atoms. The van der Waals surface area contributed by atoms with E-state index in [0.29, 0.717) is 26.1 Å². The Labute approximate surface area is 165 Å². The largest absolute Gasteiger partial charge is 0.350 e. The number of rotatable bonds is 7. The molecule has 0 amide bonds. The minimum Gasteiger partial charge on any atom is -0.350 e. The number of nitrogens with one attached hydrogen (secondary N) is 2. The van der Waals surface area contributed by atoms with Gasteiger partial charge in [0.1, 0.15) is 6.23 Å². The molecule has 1 aromatic heterocycles. The van der Waals surface area contributed by atoms with Crippen molar-refractivity contribution in [1.29, 1.82) is 0 Å². The molecule has 0 aromatic carbocycles. The van der Waals surface area contributed by atoms with Crippen molar-refractivity contribution < 1.29 is 13.8 Å². The van der Waals surface area contributed by atoms with Gasteiger partial charge in [0.25, 0.3) is 5.56 Å². The van der Waals surface area contributed by atoms with Gasteiger partial charge in [-0.15, -0.1) is 23.2 Å². The molecular formula is C14H22Cl2N5O5P. The first-order valence-electron chi connectivity index (χ1n) is 8.52. The fourth-order valence-corrected chi connectivity index (χ4v) is 5.99. The molecule has 152 valence electrons. The van der Waals surface area contributed by atoms with Crippen molar-refractivity contribution in [2.75, 3.05) is 31.4 Å². The first kappa shape index (κ1) is 21.0. The van der Waals surface area contributed by atoms with Crippen LogP contribution in [-0.2, 0) is 20.4 Å². The first-order valence-corrected chi connectivity index (χ1v) is 11.2. The molecule has 0 radical (unpaired) electrons. The molecule has 2 aliphatic heterocycles. The fourth-order valence-electron chi connectivity index (χ4n) is 3.21. The van der Waals surface area contributed by atoms with Gasteiger partial charge in [0.2, 0.25) is 0 Å². The number of nitrogens with two attached hydrogens (primary N) is 1. The summed E-state index contributed by atoms with van der Waals surface area (Å²) in [6.45, 7) is 1.01. The number of halogens is 2. The summed E-state index contributed by atoms with van der Waals surface area (Å²) in [5.41, 5.74) is 4.69. The molecule has 2 fully saturated rings. The van der Waals surface area contributed by atoms with Crippen LogP contribution in [0.25, 0.3) is 0 Å². The predicted molar refractivity (Wildman–Crippen MR) is 101 cm³/mol. The highest BCUT2D eigenvalue weighted by atomic mass is 35.5. The number of hydrogen-bond acceptors (Lipinski definition) is 6. The smallest absolute Gasteiger partial charge is 0.343 e. The summed E-state index contributed by atoms with van der Waals surface area (Å²) in [4.78, 5) is 26.1. The lowest BCUT2D eigenvalue weighted by molar-refractivity contribution is -0.0222. The summed E-state index contributed by atoms with van der Waals surface area (Å²) < 4.78 is 27.8. The number of alkyl halides is 2. The summed E-state index contributed by atoms with van der Waals surface area (Å²) in [5.74, 6) is 0.571. The van der Waals surface area contributed by atoms with Crippen LogP contribution < -0.4 is 22.1 Å². The van der Waals surface area contributed by atoms with Crippen molar-refractivity contribution in [3.63, 3.8) is 0 Å². The molecule has 3 heterocycles. The number of hydrogen-bond donors (Lipinski definition) is 3. The Morgan fingerprint density at radius 1 is 1.30 bits per heavy atom. The van der Waals surface area contributed by atoms with Gasteiger partial charge in [0.05, 0.1) is 12.2 Å². The van der Waals surface area contributed by atoms with Crippen LogP contribution in [0, 0.1) is 0 Å². The highest BCUT2D eigenvalue weighted by molar-refractivity contribution is 7.54. The zero-order valence-electron chi connectivity index (χ0n) is 14.5. The van der Waals surface area contributed by atoms with Gasteiger partial charge in [-0.25, -0.2) is 14.6 Å². The average molecular weight is 442 g/mol. The monoisotopic (exact) mass is 441 g/mol. The first-order chi connectivity index (χ1) is 12.9. The lowest BCUT2D eigenvalue weighted by Gasteiger charge is -2.37. The van der Waals surface area contributed by atoms with Gasteiger partial charge in [-0.1, -0.05) is 0 Å². The van der Waals surface area contributed by atoms with Crippen LogP contribution in [0.3, 0.4) is 0 Å². The van der Waals surface area contributed by atoms with Crippen LogP contribution in [0.2, 0.25) is 0 Å². The summed E-state index contributed by atoms with van der Waals surface area (Å²) in [5, 5.41) is 2.91. The zero-order chi connectivity index (χ0) is 19.6. The number of H-pyrrole nitrogens is 1. The summed E-state index contributed by atoms with van der Waals surface area (Å²) in [6.07, 6.45) is 0.185. The normalized spacial score (nSPS) is 30.6. The van der Waals surface area contributed by atoms with E-state index in [-0.39, 0.29) is 30.0 Å². The zero-order valence-corrected chi connectivity index (χ0v) is 16.9. The van der Waals surface area contributed by atoms with Crippen LogP contribution in [0.15, 0.2) is 15.8 Å². The molecule has 4 atom stereocenters. The Bertz CT molecular complexity index is 827. The minimum absolute atomic E-state index is 0.00569. The van der Waals surface area contributed by atoms with E-state index in [0.717, 1.165) is 0 Å². The lowest BCUT2D eigenvalue weighted by Crippen LogP contribution is -2.45. The quantitative estimate of drug-likeness (QED) is 0.402. The van der Waals surface area contributed by atoms with Gasteiger partial charge in [0.15, 0.2) is 0 Å². The van der Waals surface area contributed by atoms with E-state index >= 15 is 0 Å². The predicted octanol–water partition coefficient (Wildman–Crippen LogP) is 0.159. The summed E-state index contributed by atoms with van der Waals surface area (Å²) >= 11 is 11.6. The Kier molecular flexibility index (Phi) is 6.81. The second-order valence-electron chi connectivity index (χ2n) is 6.25. The highest BCUT2D eigenvalue weighted by Gasteiger charge is 2.48. The van der Waals surface area contributed by atoms with Crippen molar-refractivity contribution in [3.8, 4) is 0 Å². The third kappa shape index (κ3) is 4.33. The SMILES string of the molecule is NCc1cn(C2CC3OP(=O)(N(CCCl)CCCl)NCC3O2)c(=O)[nH]c1=O. The van der Waals surface area contributed by atoms with Crippen LogP contribution in [0.5, 0.6) is 0 Å². The molecule has 10 nitrogen and oxygen atoms in total. The number of aromatic amines is 1. The van der Waals surface area contributed by atoms with E-state index in [9.17, 15) is 14.2 Å². The maximum atomic E-state index is 13.2. The van der Waals surface area contributed by atoms with Crippen LogP contribution in [0.1, 0.15) is 18.2 Å². The van der Waals surface area contributed by atoms with E-state index in [1.54, 1.807) is 4.67 Å². The van der Waals surface area contributed by atoms with Gasteiger partial charge >= 0.3 is 13.4 Å². The van der Waals surface area contributed by atoms with E-state index in [4.69, 9.17) is 38.2 Å². The third-order valence-corrected chi connectivity index (χ3v) is 7.20. The molecule has 0 spiro atoms. The van der Waals surface area contributed by atoms with Crippen molar-refractivity contribution in [3.05, 3.63) is 32.6 Å². The summed E-state index contributed by atoms with van der Waals surface area (Å²) in [6, 6.07) is 0. The van der Waals surface area contributed by atoms with E-state index in [2.05, 4.69) is 10.1 Å². The maximum absolute atomic E-state index is 13.2. The molecule has 3 rings (SSSR count). The Hall–Kier alpha value is -0.710. The minimum atomic E-state index is -3.31. The van der Waals surface area contributed by atoms with E-state index in [1.807, 2.05) is 0 Å². The molecule has 0 aliphatic carbocycles. The van der Waals surface area contributed by atoms with Gasteiger partial charge in [-0.2, -0.15) is 0 Å².